The van der Waals surface area contributed by atoms with E-state index in [1.807, 2.05) is 29.2 Å². The molecule has 0 bridgehead atoms. The molecule has 1 amide bonds. The van der Waals surface area contributed by atoms with Crippen molar-refractivity contribution in [2.24, 2.45) is 0 Å². The lowest BCUT2D eigenvalue weighted by Gasteiger charge is -2.34. The van der Waals surface area contributed by atoms with Crippen LogP contribution in [-0.2, 0) is 4.79 Å². The number of hydrogen-bond acceptors (Lipinski definition) is 4. The monoisotopic (exact) mass is 394 g/mol. The number of phenolic OH excluding ortho intramolecular Hbond substituents is 1. The number of likely N-dealkylation sites (tertiary alicyclic amines) is 1. The van der Waals surface area contributed by atoms with Crippen molar-refractivity contribution in [1.82, 2.24) is 4.90 Å². The van der Waals surface area contributed by atoms with Gasteiger partial charge in [-0.15, -0.1) is 0 Å². The van der Waals surface area contributed by atoms with Crippen molar-refractivity contribution in [2.75, 3.05) is 31.1 Å². The summed E-state index contributed by atoms with van der Waals surface area (Å²) in [6.45, 7) is 4.35. The molecule has 2 aromatic carbocycles. The van der Waals surface area contributed by atoms with Gasteiger partial charge in [-0.1, -0.05) is 37.1 Å². The molecule has 1 fully saturated rings. The first-order chi connectivity index (χ1) is 14.2. The summed E-state index contributed by atoms with van der Waals surface area (Å²) in [5, 5.41) is 9.55. The molecule has 0 aliphatic carbocycles. The lowest BCUT2D eigenvalue weighted by atomic mass is 10.0. The summed E-state index contributed by atoms with van der Waals surface area (Å²) in [5.74, 6) is 0.881. The molecule has 0 radical (unpaired) electrons. The van der Waals surface area contributed by atoms with Crippen molar-refractivity contribution in [1.29, 1.82) is 0 Å². The van der Waals surface area contributed by atoms with Crippen LogP contribution in [0.25, 0.3) is 0 Å². The second-order valence-electron chi connectivity index (χ2n) is 8.01. The van der Waals surface area contributed by atoms with Gasteiger partial charge >= 0.3 is 0 Å². The highest BCUT2D eigenvalue weighted by molar-refractivity contribution is 6.00. The second-order valence-corrected chi connectivity index (χ2v) is 8.01. The average Bonchev–Trinajstić information content (AvgIpc) is 2.76. The Kier molecular flexibility index (Phi) is 6.35. The van der Waals surface area contributed by atoms with Crippen LogP contribution in [0.15, 0.2) is 48.5 Å². The number of para-hydroxylation sites is 2. The molecule has 2 heterocycles. The summed E-state index contributed by atoms with van der Waals surface area (Å²) >= 11 is 0. The standard InChI is InChI=1S/C24H30N2O3/c27-20-13-11-19(12-14-20)23-24(28)26(21-9-3-4-10-22(21)29-23)18-8-2-7-17-25-15-5-1-6-16-25/h3-4,9-14,23,27H,1-2,5-8,15-18H2. The van der Waals surface area contributed by atoms with Crippen molar-refractivity contribution in [3.8, 4) is 11.5 Å². The van der Waals surface area contributed by atoms with Gasteiger partial charge in [-0.2, -0.15) is 0 Å². The largest absolute Gasteiger partial charge is 0.508 e. The van der Waals surface area contributed by atoms with Crippen LogP contribution in [0.2, 0.25) is 0 Å². The third-order valence-corrected chi connectivity index (χ3v) is 5.89. The van der Waals surface area contributed by atoms with Gasteiger partial charge in [0.1, 0.15) is 11.5 Å². The van der Waals surface area contributed by atoms with Crippen LogP contribution in [0.5, 0.6) is 11.5 Å². The van der Waals surface area contributed by atoms with Crippen LogP contribution < -0.4 is 9.64 Å². The van der Waals surface area contributed by atoms with E-state index in [4.69, 9.17) is 4.74 Å². The maximum atomic E-state index is 13.2. The van der Waals surface area contributed by atoms with Crippen LogP contribution in [0, 0.1) is 0 Å². The molecule has 0 aromatic heterocycles. The molecule has 1 atom stereocenters. The number of carbonyl (C=O) groups is 1. The van der Waals surface area contributed by atoms with E-state index >= 15 is 0 Å². The maximum absolute atomic E-state index is 13.2. The predicted octanol–water partition coefficient (Wildman–Crippen LogP) is 4.52. The van der Waals surface area contributed by atoms with Gasteiger partial charge in [0, 0.05) is 12.1 Å². The van der Waals surface area contributed by atoms with Gasteiger partial charge in [0.2, 0.25) is 6.10 Å². The fourth-order valence-corrected chi connectivity index (χ4v) is 4.27. The third-order valence-electron chi connectivity index (χ3n) is 5.89. The number of unbranched alkanes of at least 4 members (excludes halogenated alkanes) is 2. The highest BCUT2D eigenvalue weighted by atomic mass is 16.5. The number of piperidine rings is 1. The minimum atomic E-state index is -0.668. The number of benzene rings is 2. The number of hydrogen-bond donors (Lipinski definition) is 1. The number of anilines is 1. The fraction of sp³-hybridized carbons (Fsp3) is 0.458. The number of phenols is 1. The lowest BCUT2D eigenvalue weighted by molar-refractivity contribution is -0.126. The van der Waals surface area contributed by atoms with E-state index < -0.39 is 6.10 Å². The zero-order chi connectivity index (χ0) is 20.1. The Morgan fingerprint density at radius 3 is 2.41 bits per heavy atom. The van der Waals surface area contributed by atoms with Crippen LogP contribution in [-0.4, -0.2) is 42.1 Å². The molecule has 5 nitrogen and oxygen atoms in total. The minimum Gasteiger partial charge on any atom is -0.508 e. The Morgan fingerprint density at radius 1 is 0.897 bits per heavy atom. The van der Waals surface area contributed by atoms with Gasteiger partial charge in [0.15, 0.2) is 0 Å². The van der Waals surface area contributed by atoms with E-state index in [9.17, 15) is 9.90 Å². The van der Waals surface area contributed by atoms with Gasteiger partial charge in [-0.05, 0) is 69.6 Å². The minimum absolute atomic E-state index is 0.0366. The van der Waals surface area contributed by atoms with Crippen LogP contribution >= 0.6 is 0 Å². The fourth-order valence-electron chi connectivity index (χ4n) is 4.27. The number of ether oxygens (including phenoxy) is 1. The normalized spacial score (nSPS) is 19.7. The van der Waals surface area contributed by atoms with E-state index in [-0.39, 0.29) is 11.7 Å². The molecule has 2 aliphatic rings. The van der Waals surface area contributed by atoms with Crippen molar-refractivity contribution in [3.05, 3.63) is 54.1 Å². The van der Waals surface area contributed by atoms with E-state index in [0.717, 1.165) is 29.8 Å². The summed E-state index contributed by atoms with van der Waals surface area (Å²) in [7, 11) is 0. The molecule has 29 heavy (non-hydrogen) atoms. The van der Waals surface area contributed by atoms with E-state index in [1.54, 1.807) is 24.3 Å². The Hall–Kier alpha value is -2.53. The van der Waals surface area contributed by atoms with E-state index in [0.29, 0.717) is 6.54 Å². The van der Waals surface area contributed by atoms with Gasteiger partial charge in [-0.25, -0.2) is 0 Å². The third kappa shape index (κ3) is 4.73. The van der Waals surface area contributed by atoms with Crippen molar-refractivity contribution < 1.29 is 14.6 Å². The molecule has 1 saturated heterocycles. The molecule has 0 saturated carbocycles. The Morgan fingerprint density at radius 2 is 1.62 bits per heavy atom. The van der Waals surface area contributed by atoms with Crippen LogP contribution in [0.4, 0.5) is 5.69 Å². The first kappa shape index (κ1) is 19.8. The molecular formula is C24H30N2O3. The smallest absolute Gasteiger partial charge is 0.272 e. The summed E-state index contributed by atoms with van der Waals surface area (Å²) < 4.78 is 6.03. The summed E-state index contributed by atoms with van der Waals surface area (Å²) in [5.41, 5.74) is 1.61. The Balaban J connectivity index is 1.39. The number of nitrogens with zero attached hydrogens (tertiary/aromatic N) is 2. The molecule has 4 rings (SSSR count). The van der Waals surface area contributed by atoms with Gasteiger partial charge in [0.25, 0.3) is 5.91 Å². The molecule has 2 aliphatic heterocycles. The number of amides is 1. The molecule has 1 N–H and O–H groups in total. The highest BCUT2D eigenvalue weighted by Gasteiger charge is 2.35. The molecule has 5 heteroatoms. The molecular weight excluding hydrogens is 364 g/mol. The first-order valence-electron chi connectivity index (χ1n) is 10.8. The zero-order valence-electron chi connectivity index (χ0n) is 16.9. The second kappa shape index (κ2) is 9.31. The number of aromatic hydroxyl groups is 1. The molecule has 0 spiro atoms. The lowest BCUT2D eigenvalue weighted by Crippen LogP contribution is -2.41. The molecule has 2 aromatic rings. The van der Waals surface area contributed by atoms with E-state index in [2.05, 4.69) is 4.90 Å². The highest BCUT2D eigenvalue weighted by Crippen LogP contribution is 2.39. The van der Waals surface area contributed by atoms with Crippen molar-refractivity contribution in [3.63, 3.8) is 0 Å². The number of rotatable bonds is 7. The molecule has 154 valence electrons. The Labute approximate surface area is 172 Å². The summed E-state index contributed by atoms with van der Waals surface area (Å²) in [6, 6.07) is 14.4. The molecule has 1 unspecified atom stereocenters. The first-order valence-corrected chi connectivity index (χ1v) is 10.8. The summed E-state index contributed by atoms with van der Waals surface area (Å²) in [4.78, 5) is 17.7. The SMILES string of the molecule is O=C1C(c2ccc(O)cc2)Oc2ccccc2N1CCCCCN1CCCCC1. The maximum Gasteiger partial charge on any atom is 0.272 e. The van der Waals surface area contributed by atoms with Gasteiger partial charge in [-0.3, -0.25) is 4.79 Å². The van der Waals surface area contributed by atoms with Crippen molar-refractivity contribution in [2.45, 2.75) is 44.6 Å². The van der Waals surface area contributed by atoms with Gasteiger partial charge < -0.3 is 19.6 Å². The predicted molar refractivity (Wildman–Crippen MR) is 114 cm³/mol. The van der Waals surface area contributed by atoms with Crippen LogP contribution in [0.1, 0.15) is 50.2 Å². The average molecular weight is 395 g/mol. The van der Waals surface area contributed by atoms with Crippen LogP contribution in [0.3, 0.4) is 0 Å². The zero-order valence-corrected chi connectivity index (χ0v) is 16.9. The van der Waals surface area contributed by atoms with Gasteiger partial charge in [0.05, 0.1) is 5.69 Å². The Bertz CT molecular complexity index is 815. The van der Waals surface area contributed by atoms with E-state index in [1.165, 1.54) is 45.3 Å². The summed E-state index contributed by atoms with van der Waals surface area (Å²) in [6.07, 6.45) is 6.65. The van der Waals surface area contributed by atoms with Crippen molar-refractivity contribution >= 4 is 11.6 Å². The number of carbonyl (C=O) groups excluding carboxylic acids is 1. The number of fused-ring (bicyclic) bond motifs is 1. The quantitative estimate of drug-likeness (QED) is 0.702. The topological polar surface area (TPSA) is 53.0 Å².